The van der Waals surface area contributed by atoms with Crippen molar-refractivity contribution in [3.05, 3.63) is 188 Å². The molecule has 50 heavy (non-hydrogen) atoms. The van der Waals surface area contributed by atoms with Crippen LogP contribution in [0.15, 0.2) is 188 Å². The fourth-order valence-electron chi connectivity index (χ4n) is 7.82. The Bertz CT molecular complexity index is 2880. The molecule has 234 valence electrons. The van der Waals surface area contributed by atoms with Crippen molar-refractivity contribution in [1.82, 2.24) is 0 Å². The van der Waals surface area contributed by atoms with Gasteiger partial charge in [-0.25, -0.2) is 0 Å². The van der Waals surface area contributed by atoms with Crippen molar-refractivity contribution >= 4 is 80.9 Å². The van der Waals surface area contributed by atoms with Crippen molar-refractivity contribution in [2.24, 2.45) is 0 Å². The molecule has 0 unspecified atom stereocenters. The van der Waals surface area contributed by atoms with Crippen molar-refractivity contribution in [3.63, 3.8) is 0 Å². The average Bonchev–Trinajstić information content (AvgIpc) is 3.58. The molecule has 0 saturated heterocycles. The van der Waals surface area contributed by atoms with Crippen LogP contribution in [0.25, 0.3) is 74.7 Å². The van der Waals surface area contributed by atoms with Crippen molar-refractivity contribution in [2.45, 2.75) is 0 Å². The van der Waals surface area contributed by atoms with E-state index in [4.69, 9.17) is 0 Å². The molecule has 1 aromatic heterocycles. The van der Waals surface area contributed by atoms with Crippen LogP contribution in [0.1, 0.15) is 0 Å². The Morgan fingerprint density at radius 1 is 0.340 bits per heavy atom. The predicted octanol–water partition coefficient (Wildman–Crippen LogP) is 14.3. The zero-order valence-corrected chi connectivity index (χ0v) is 28.1. The second kappa shape index (κ2) is 11.7. The Labute approximate surface area is 294 Å². The summed E-state index contributed by atoms with van der Waals surface area (Å²) in [6.45, 7) is 0. The van der Waals surface area contributed by atoms with Gasteiger partial charge in [-0.3, -0.25) is 0 Å². The number of rotatable bonds is 5. The number of benzene rings is 9. The maximum atomic E-state index is 2.50. The van der Waals surface area contributed by atoms with Crippen molar-refractivity contribution in [1.29, 1.82) is 0 Å². The Balaban J connectivity index is 1.28. The third-order valence-corrected chi connectivity index (χ3v) is 11.1. The topological polar surface area (TPSA) is 3.24 Å². The molecule has 9 aromatic carbocycles. The molecule has 1 heterocycles. The lowest BCUT2D eigenvalue weighted by atomic mass is 9.91. The summed E-state index contributed by atoms with van der Waals surface area (Å²) in [7, 11) is 0. The summed E-state index contributed by atoms with van der Waals surface area (Å²) in [6, 6.07) is 68.8. The Kier molecular flexibility index (Phi) is 6.75. The average molecular weight is 654 g/mol. The van der Waals surface area contributed by atoms with E-state index in [0.29, 0.717) is 0 Å². The number of anilines is 3. The molecule has 0 radical (unpaired) electrons. The van der Waals surface area contributed by atoms with Crippen LogP contribution in [0.3, 0.4) is 0 Å². The third kappa shape index (κ3) is 4.61. The molecular weight excluding hydrogens is 623 g/mol. The van der Waals surface area contributed by atoms with Gasteiger partial charge < -0.3 is 4.90 Å². The van der Waals surface area contributed by atoms with Gasteiger partial charge in [-0.15, -0.1) is 11.3 Å². The van der Waals surface area contributed by atoms with Gasteiger partial charge in [-0.1, -0.05) is 152 Å². The molecule has 0 spiro atoms. The monoisotopic (exact) mass is 653 g/mol. The highest BCUT2D eigenvalue weighted by Gasteiger charge is 2.22. The molecule has 0 aliphatic rings. The first-order chi connectivity index (χ1) is 24.8. The van der Waals surface area contributed by atoms with Gasteiger partial charge in [0.2, 0.25) is 0 Å². The molecule has 0 atom stereocenters. The predicted molar refractivity (Wildman–Crippen MR) is 217 cm³/mol. The Hall–Kier alpha value is -6.22. The number of hydrogen-bond donors (Lipinski definition) is 0. The molecule has 0 amide bonds. The fraction of sp³-hybridized carbons (Fsp3) is 0. The molecular formula is C48H31NS. The van der Waals surface area contributed by atoms with E-state index in [2.05, 4.69) is 193 Å². The minimum absolute atomic E-state index is 1.12. The van der Waals surface area contributed by atoms with E-state index < -0.39 is 0 Å². The van der Waals surface area contributed by atoms with E-state index in [0.717, 1.165) is 5.69 Å². The van der Waals surface area contributed by atoms with Crippen molar-refractivity contribution < 1.29 is 0 Å². The van der Waals surface area contributed by atoms with Crippen LogP contribution in [0, 0.1) is 0 Å². The minimum atomic E-state index is 1.12. The van der Waals surface area contributed by atoms with E-state index >= 15 is 0 Å². The smallest absolute Gasteiger partial charge is 0.0555 e. The summed E-state index contributed by atoms with van der Waals surface area (Å²) in [5, 5.41) is 10.1. The Morgan fingerprint density at radius 3 is 1.78 bits per heavy atom. The normalized spacial score (nSPS) is 11.6. The quantitative estimate of drug-likeness (QED) is 0.167. The maximum Gasteiger partial charge on any atom is 0.0555 e. The van der Waals surface area contributed by atoms with Crippen LogP contribution in [-0.4, -0.2) is 0 Å². The molecule has 10 rings (SSSR count). The molecule has 1 nitrogen and oxygen atoms in total. The molecule has 0 aliphatic heterocycles. The van der Waals surface area contributed by atoms with Crippen LogP contribution < -0.4 is 4.90 Å². The molecule has 10 aromatic rings. The van der Waals surface area contributed by atoms with Crippen LogP contribution in [0.2, 0.25) is 0 Å². The lowest BCUT2D eigenvalue weighted by Crippen LogP contribution is -2.11. The van der Waals surface area contributed by atoms with Gasteiger partial charge in [-0.05, 0) is 85.6 Å². The van der Waals surface area contributed by atoms with E-state index in [9.17, 15) is 0 Å². The van der Waals surface area contributed by atoms with Gasteiger partial charge in [0.05, 0.1) is 11.4 Å². The maximum absolute atomic E-state index is 2.50. The molecule has 0 N–H and O–H groups in total. The zero-order chi connectivity index (χ0) is 33.0. The number of nitrogens with zero attached hydrogens (tertiary/aromatic N) is 1. The number of hydrogen-bond acceptors (Lipinski definition) is 2. The molecule has 0 aliphatic carbocycles. The van der Waals surface area contributed by atoms with Gasteiger partial charge in [0, 0.05) is 31.2 Å². The van der Waals surface area contributed by atoms with Crippen molar-refractivity contribution in [2.75, 3.05) is 4.90 Å². The summed E-state index contributed by atoms with van der Waals surface area (Å²) in [4.78, 5) is 2.50. The lowest BCUT2D eigenvalue weighted by molar-refractivity contribution is 1.32. The van der Waals surface area contributed by atoms with Crippen LogP contribution in [0.5, 0.6) is 0 Å². The van der Waals surface area contributed by atoms with Crippen LogP contribution >= 0.6 is 11.3 Å². The van der Waals surface area contributed by atoms with Gasteiger partial charge in [0.15, 0.2) is 0 Å². The third-order valence-electron chi connectivity index (χ3n) is 10.0. The molecule has 2 heteroatoms. The summed E-state index contributed by atoms with van der Waals surface area (Å²) in [6.07, 6.45) is 0. The van der Waals surface area contributed by atoms with E-state index in [1.807, 2.05) is 11.3 Å². The van der Waals surface area contributed by atoms with E-state index in [-0.39, 0.29) is 0 Å². The summed E-state index contributed by atoms with van der Waals surface area (Å²) in [5.74, 6) is 0. The highest BCUT2D eigenvalue weighted by Crippen LogP contribution is 2.48. The van der Waals surface area contributed by atoms with Gasteiger partial charge in [0.25, 0.3) is 0 Å². The van der Waals surface area contributed by atoms with E-state index in [1.165, 1.54) is 86.1 Å². The van der Waals surface area contributed by atoms with Gasteiger partial charge >= 0.3 is 0 Å². The second-order valence-corrected chi connectivity index (χ2v) is 14.0. The first-order valence-corrected chi connectivity index (χ1v) is 17.9. The van der Waals surface area contributed by atoms with Crippen LogP contribution in [-0.2, 0) is 0 Å². The highest BCUT2D eigenvalue weighted by atomic mass is 32.1. The van der Waals surface area contributed by atoms with Crippen LogP contribution in [0.4, 0.5) is 17.1 Å². The number of thiophene rings is 1. The minimum Gasteiger partial charge on any atom is -0.309 e. The Morgan fingerprint density at radius 2 is 0.940 bits per heavy atom. The second-order valence-electron chi connectivity index (χ2n) is 12.9. The summed E-state index contributed by atoms with van der Waals surface area (Å²) >= 11 is 1.86. The number of fused-ring (bicyclic) bond motifs is 7. The molecule has 0 saturated carbocycles. The van der Waals surface area contributed by atoms with E-state index in [1.54, 1.807) is 0 Å². The van der Waals surface area contributed by atoms with Gasteiger partial charge in [-0.2, -0.15) is 0 Å². The summed E-state index contributed by atoms with van der Waals surface area (Å²) in [5.41, 5.74) is 8.36. The lowest BCUT2D eigenvalue weighted by Gasteiger charge is -2.29. The first-order valence-electron chi connectivity index (χ1n) is 17.1. The van der Waals surface area contributed by atoms with Crippen molar-refractivity contribution in [3.8, 4) is 22.3 Å². The van der Waals surface area contributed by atoms with Gasteiger partial charge in [0.1, 0.15) is 0 Å². The summed E-state index contributed by atoms with van der Waals surface area (Å²) < 4.78 is 2.59. The fourth-order valence-corrected chi connectivity index (χ4v) is 8.95. The largest absolute Gasteiger partial charge is 0.309 e. The zero-order valence-electron chi connectivity index (χ0n) is 27.3. The molecule has 0 fully saturated rings. The molecule has 0 bridgehead atoms. The first kappa shape index (κ1) is 28.8. The SMILES string of the molecule is c1ccc(-c2cccc3cccc(-c4cccc(N(c5cc6ccccc6c6ccccc56)c5cccc6sc7ccccc7c56)c4)c23)cc1. The highest BCUT2D eigenvalue weighted by molar-refractivity contribution is 7.26. The standard InChI is InChI=1S/C48H31NS/c1-2-14-32(15-3-1)38-25-11-17-33-18-12-26-39(47(33)38)34-19-10-20-36(30-34)49(43-27-13-29-46-48(43)42-24-8-9-28-45(42)50-46)44-31-35-16-4-5-21-37(35)40-22-6-7-23-41(40)44/h1-31H.